The van der Waals surface area contributed by atoms with E-state index in [4.69, 9.17) is 0 Å². The summed E-state index contributed by atoms with van der Waals surface area (Å²) in [4.78, 5) is 2.15. The fourth-order valence-electron chi connectivity index (χ4n) is 1.79. The molecule has 0 radical (unpaired) electrons. The van der Waals surface area contributed by atoms with E-state index in [9.17, 15) is 13.2 Å². The maximum atomic E-state index is 12.9. The van der Waals surface area contributed by atoms with Crippen LogP contribution in [0.4, 0.5) is 18.9 Å². The molecule has 0 atom stereocenters. The summed E-state index contributed by atoms with van der Waals surface area (Å²) in [5.41, 5.74) is -0.510. The number of nitrogens with one attached hydrogen (secondary N) is 1. The molecule has 0 unspecified atom stereocenters. The number of benzene rings is 1. The standard InChI is InChI=1S/C13H18BrF3N2/c1-3-19(4-2)8-7-18-12-6-5-10(14)9-11(12)13(15,16)17/h5-6,9,18H,3-4,7-8H2,1-2H3. The highest BCUT2D eigenvalue weighted by molar-refractivity contribution is 9.10. The van der Waals surface area contributed by atoms with Gasteiger partial charge in [-0.15, -0.1) is 0 Å². The van der Waals surface area contributed by atoms with Crippen molar-refractivity contribution in [3.8, 4) is 0 Å². The number of anilines is 1. The largest absolute Gasteiger partial charge is 0.418 e. The predicted molar refractivity (Wildman–Crippen MR) is 75.4 cm³/mol. The Morgan fingerprint density at radius 3 is 2.37 bits per heavy atom. The second-order valence-electron chi connectivity index (χ2n) is 4.14. The minimum Gasteiger partial charge on any atom is -0.383 e. The van der Waals surface area contributed by atoms with Gasteiger partial charge >= 0.3 is 6.18 Å². The van der Waals surface area contributed by atoms with Crippen molar-refractivity contribution in [2.45, 2.75) is 20.0 Å². The van der Waals surface area contributed by atoms with Crippen LogP contribution in [0.1, 0.15) is 19.4 Å². The van der Waals surface area contributed by atoms with Crippen LogP contribution in [0.15, 0.2) is 22.7 Å². The molecule has 0 saturated heterocycles. The van der Waals surface area contributed by atoms with E-state index in [1.807, 2.05) is 13.8 Å². The predicted octanol–water partition coefficient (Wildman–Crippen LogP) is 4.22. The number of nitrogens with zero attached hydrogens (tertiary/aromatic N) is 1. The molecule has 0 aliphatic heterocycles. The van der Waals surface area contributed by atoms with Gasteiger partial charge in [0.15, 0.2) is 0 Å². The number of hydrogen-bond acceptors (Lipinski definition) is 2. The first-order valence-electron chi connectivity index (χ1n) is 6.21. The third-order valence-corrected chi connectivity index (χ3v) is 3.42. The van der Waals surface area contributed by atoms with Gasteiger partial charge in [-0.25, -0.2) is 0 Å². The summed E-state index contributed by atoms with van der Waals surface area (Å²) in [6.07, 6.45) is -4.35. The van der Waals surface area contributed by atoms with Crippen molar-refractivity contribution in [1.82, 2.24) is 4.90 Å². The third kappa shape index (κ3) is 5.03. The Hall–Kier alpha value is -0.750. The molecule has 1 aromatic carbocycles. The molecule has 0 saturated carbocycles. The Bertz CT molecular complexity index is 403. The van der Waals surface area contributed by atoms with E-state index in [0.717, 1.165) is 25.7 Å². The molecule has 6 heteroatoms. The van der Waals surface area contributed by atoms with Gasteiger partial charge in [-0.2, -0.15) is 13.2 Å². The lowest BCUT2D eigenvalue weighted by atomic mass is 10.1. The minimum atomic E-state index is -4.35. The molecule has 0 fully saturated rings. The van der Waals surface area contributed by atoms with Crippen molar-refractivity contribution in [3.63, 3.8) is 0 Å². The van der Waals surface area contributed by atoms with Crippen LogP contribution >= 0.6 is 15.9 Å². The minimum absolute atomic E-state index is 0.128. The van der Waals surface area contributed by atoms with E-state index in [1.54, 1.807) is 6.07 Å². The fourth-order valence-corrected chi connectivity index (χ4v) is 2.15. The molecule has 0 bridgehead atoms. The Labute approximate surface area is 120 Å². The maximum Gasteiger partial charge on any atom is 0.418 e. The smallest absolute Gasteiger partial charge is 0.383 e. The molecular formula is C13H18BrF3N2. The summed E-state index contributed by atoms with van der Waals surface area (Å²) >= 11 is 3.07. The number of halogens is 4. The average molecular weight is 339 g/mol. The number of rotatable bonds is 6. The molecule has 0 spiro atoms. The van der Waals surface area contributed by atoms with Crippen LogP contribution in [0.5, 0.6) is 0 Å². The third-order valence-electron chi connectivity index (χ3n) is 2.92. The van der Waals surface area contributed by atoms with E-state index in [-0.39, 0.29) is 5.69 Å². The highest BCUT2D eigenvalue weighted by atomic mass is 79.9. The van der Waals surface area contributed by atoms with Gasteiger partial charge in [-0.3, -0.25) is 0 Å². The van der Waals surface area contributed by atoms with Crippen molar-refractivity contribution in [2.75, 3.05) is 31.5 Å². The van der Waals surface area contributed by atoms with E-state index < -0.39 is 11.7 Å². The maximum absolute atomic E-state index is 12.9. The van der Waals surface area contributed by atoms with Crippen molar-refractivity contribution in [2.24, 2.45) is 0 Å². The van der Waals surface area contributed by atoms with Gasteiger partial charge in [0.25, 0.3) is 0 Å². The van der Waals surface area contributed by atoms with E-state index in [2.05, 4.69) is 26.1 Å². The molecule has 0 aliphatic rings. The van der Waals surface area contributed by atoms with Gasteiger partial charge in [0.2, 0.25) is 0 Å². The highest BCUT2D eigenvalue weighted by Gasteiger charge is 2.33. The molecule has 0 heterocycles. The first kappa shape index (κ1) is 16.3. The molecule has 1 aromatic rings. The fraction of sp³-hybridized carbons (Fsp3) is 0.538. The average Bonchev–Trinajstić information content (AvgIpc) is 2.35. The Morgan fingerprint density at radius 2 is 1.84 bits per heavy atom. The molecule has 0 aromatic heterocycles. The van der Waals surface area contributed by atoms with Gasteiger partial charge in [-0.05, 0) is 31.3 Å². The van der Waals surface area contributed by atoms with Gasteiger partial charge < -0.3 is 10.2 Å². The lowest BCUT2D eigenvalue weighted by molar-refractivity contribution is -0.137. The molecule has 0 amide bonds. The summed E-state index contributed by atoms with van der Waals surface area (Å²) in [5.74, 6) is 0. The van der Waals surface area contributed by atoms with Crippen LogP contribution in [0.3, 0.4) is 0 Å². The van der Waals surface area contributed by atoms with Crippen LogP contribution < -0.4 is 5.32 Å². The number of alkyl halides is 3. The van der Waals surface area contributed by atoms with Crippen LogP contribution in [-0.2, 0) is 6.18 Å². The van der Waals surface area contributed by atoms with Crippen molar-refractivity contribution in [3.05, 3.63) is 28.2 Å². The lowest BCUT2D eigenvalue weighted by Crippen LogP contribution is -2.29. The van der Waals surface area contributed by atoms with E-state index in [0.29, 0.717) is 11.0 Å². The summed E-state index contributed by atoms with van der Waals surface area (Å²) in [5, 5.41) is 2.86. The number of hydrogen-bond donors (Lipinski definition) is 1. The quantitative estimate of drug-likeness (QED) is 0.835. The Balaban J connectivity index is 2.73. The molecule has 19 heavy (non-hydrogen) atoms. The molecule has 1 rings (SSSR count). The first-order chi connectivity index (χ1) is 8.88. The lowest BCUT2D eigenvalue weighted by Gasteiger charge is -2.20. The van der Waals surface area contributed by atoms with Gasteiger partial charge in [0.1, 0.15) is 0 Å². The molecule has 1 N–H and O–H groups in total. The summed E-state index contributed by atoms with van der Waals surface area (Å²) in [6.45, 7) is 7.07. The first-order valence-corrected chi connectivity index (χ1v) is 7.00. The molecule has 108 valence electrons. The number of likely N-dealkylation sites (N-methyl/N-ethyl adjacent to an activating group) is 1. The van der Waals surface area contributed by atoms with Gasteiger partial charge in [0.05, 0.1) is 5.56 Å². The SMILES string of the molecule is CCN(CC)CCNc1ccc(Br)cc1C(F)(F)F. The van der Waals surface area contributed by atoms with Gasteiger partial charge in [-0.1, -0.05) is 29.8 Å². The molecule has 2 nitrogen and oxygen atoms in total. The van der Waals surface area contributed by atoms with Crippen LogP contribution in [0.2, 0.25) is 0 Å². The summed E-state index contributed by atoms with van der Waals surface area (Å²) in [6, 6.07) is 4.16. The summed E-state index contributed by atoms with van der Waals surface area (Å²) < 4.78 is 39.1. The van der Waals surface area contributed by atoms with Crippen LogP contribution in [0.25, 0.3) is 0 Å². The topological polar surface area (TPSA) is 15.3 Å². The van der Waals surface area contributed by atoms with E-state index in [1.165, 1.54) is 6.07 Å². The zero-order valence-corrected chi connectivity index (χ0v) is 12.6. The zero-order valence-electron chi connectivity index (χ0n) is 11.0. The Kier molecular flexibility index (Phi) is 6.13. The normalized spacial score (nSPS) is 11.9. The van der Waals surface area contributed by atoms with E-state index >= 15 is 0 Å². The van der Waals surface area contributed by atoms with Crippen molar-refractivity contribution in [1.29, 1.82) is 0 Å². The second kappa shape index (κ2) is 7.14. The van der Waals surface area contributed by atoms with Crippen molar-refractivity contribution >= 4 is 21.6 Å². The van der Waals surface area contributed by atoms with Crippen molar-refractivity contribution < 1.29 is 13.2 Å². The second-order valence-corrected chi connectivity index (χ2v) is 5.06. The highest BCUT2D eigenvalue weighted by Crippen LogP contribution is 2.36. The van der Waals surface area contributed by atoms with Gasteiger partial charge in [0, 0.05) is 23.2 Å². The molecule has 0 aliphatic carbocycles. The Morgan fingerprint density at radius 1 is 1.21 bits per heavy atom. The zero-order chi connectivity index (χ0) is 14.5. The monoisotopic (exact) mass is 338 g/mol. The summed E-state index contributed by atoms with van der Waals surface area (Å²) in [7, 11) is 0. The van der Waals surface area contributed by atoms with Crippen LogP contribution in [-0.4, -0.2) is 31.1 Å². The van der Waals surface area contributed by atoms with Crippen LogP contribution in [0, 0.1) is 0 Å². The molecular weight excluding hydrogens is 321 g/mol.